The summed E-state index contributed by atoms with van der Waals surface area (Å²) in [6.45, 7) is 4.93. The average Bonchev–Trinajstić information content (AvgIpc) is 3.24. The third-order valence-corrected chi connectivity index (χ3v) is 11.5. The number of aliphatic hydroxyl groups is 1. The summed E-state index contributed by atoms with van der Waals surface area (Å²) in [6.07, 6.45) is 4.93. The van der Waals surface area contributed by atoms with E-state index >= 15 is 0 Å². The molecule has 1 aliphatic heterocycles. The van der Waals surface area contributed by atoms with Crippen molar-refractivity contribution in [2.75, 3.05) is 38.5 Å². The molecule has 1 fully saturated rings. The van der Waals surface area contributed by atoms with Gasteiger partial charge in [-0.25, -0.2) is 4.79 Å². The fourth-order valence-electron chi connectivity index (χ4n) is 8.08. The van der Waals surface area contributed by atoms with Gasteiger partial charge in [-0.3, -0.25) is 19.7 Å². The van der Waals surface area contributed by atoms with Gasteiger partial charge in [0.05, 0.1) is 17.3 Å². The number of Topliss-reactive ketones (excluding diaryl/α,β-unsaturated/α-hetero) is 1. The predicted octanol–water partition coefficient (Wildman–Crippen LogP) is 8.44. The summed E-state index contributed by atoms with van der Waals surface area (Å²) >= 11 is 0. The van der Waals surface area contributed by atoms with Gasteiger partial charge in [0.2, 0.25) is 11.5 Å². The monoisotopic (exact) mass is 814 g/mol. The van der Waals surface area contributed by atoms with Crippen LogP contribution in [0.4, 0.5) is 10.5 Å². The number of piperidine rings is 1. The van der Waals surface area contributed by atoms with Crippen molar-refractivity contribution >= 4 is 34.4 Å². The fraction of sp³-hybridized carbons (Fsp3) is 0.388. The number of rotatable bonds is 19. The second kappa shape index (κ2) is 21.5. The highest BCUT2D eigenvalue weighted by Gasteiger charge is 2.24. The van der Waals surface area contributed by atoms with E-state index in [0.29, 0.717) is 73.8 Å². The van der Waals surface area contributed by atoms with E-state index in [0.717, 1.165) is 61.0 Å². The highest BCUT2D eigenvalue weighted by molar-refractivity contribution is 5.91. The van der Waals surface area contributed by atoms with Crippen molar-refractivity contribution in [3.05, 3.63) is 130 Å². The van der Waals surface area contributed by atoms with Crippen LogP contribution in [-0.2, 0) is 27.2 Å². The summed E-state index contributed by atoms with van der Waals surface area (Å²) in [5, 5.41) is 24.7. The number of aromatic amines is 1. The second-order valence-corrected chi connectivity index (χ2v) is 16.2. The van der Waals surface area contributed by atoms with Crippen LogP contribution in [0.15, 0.2) is 108 Å². The van der Waals surface area contributed by atoms with Crippen molar-refractivity contribution in [1.29, 1.82) is 0 Å². The number of hydrogen-bond acceptors (Lipinski definition) is 8. The van der Waals surface area contributed by atoms with Gasteiger partial charge in [0.15, 0.2) is 0 Å². The van der Waals surface area contributed by atoms with Gasteiger partial charge in [0, 0.05) is 69.5 Å². The Kier molecular flexibility index (Phi) is 15.7. The molecule has 0 saturated carbocycles. The number of benzene rings is 4. The predicted molar refractivity (Wildman–Crippen MR) is 236 cm³/mol. The number of likely N-dealkylation sites (tertiary alicyclic amines) is 1. The average molecular weight is 815 g/mol. The van der Waals surface area contributed by atoms with Crippen LogP contribution in [0.1, 0.15) is 81.1 Å². The number of ether oxygens (including phenoxy) is 1. The van der Waals surface area contributed by atoms with Crippen molar-refractivity contribution < 1.29 is 29.3 Å². The highest BCUT2D eigenvalue weighted by atomic mass is 16.6. The number of pyridine rings is 1. The molecule has 1 saturated heterocycles. The van der Waals surface area contributed by atoms with Crippen LogP contribution in [0.5, 0.6) is 5.75 Å². The Morgan fingerprint density at radius 1 is 0.883 bits per heavy atom. The quantitative estimate of drug-likeness (QED) is 0.0607. The summed E-state index contributed by atoms with van der Waals surface area (Å²) in [5.41, 5.74) is 5.49. The Morgan fingerprint density at radius 3 is 2.43 bits per heavy atom. The molecule has 1 aromatic heterocycles. The molecule has 6 rings (SSSR count). The molecule has 11 nitrogen and oxygen atoms in total. The van der Waals surface area contributed by atoms with E-state index in [1.54, 1.807) is 17.0 Å². The SMILES string of the molecule is C[C@@H](CC[C@H](O)c1ccc(O)c2[nH]c(=O)ccc12)Cc1cccc(CC(=O)CCCCN(C)C(=O)CCN2CCC(OC(=O)Nc3ccccc3-c3ccccc3)CC2)c1. The maximum absolute atomic E-state index is 12.9. The number of fused-ring (bicyclic) bond motifs is 1. The number of carbonyl (C=O) groups is 3. The molecule has 1 aliphatic rings. The lowest BCUT2D eigenvalue weighted by atomic mass is 9.91. The normalized spacial score (nSPS) is 14.4. The summed E-state index contributed by atoms with van der Waals surface area (Å²) in [7, 11) is 1.82. The largest absolute Gasteiger partial charge is 0.506 e. The minimum Gasteiger partial charge on any atom is -0.506 e. The van der Waals surface area contributed by atoms with Crippen molar-refractivity contribution in [2.45, 2.75) is 83.3 Å². The van der Waals surface area contributed by atoms with Crippen LogP contribution >= 0.6 is 0 Å². The van der Waals surface area contributed by atoms with E-state index in [1.807, 2.05) is 73.8 Å². The molecule has 0 unspecified atom stereocenters. The van der Waals surface area contributed by atoms with E-state index in [-0.39, 0.29) is 35.0 Å². The number of nitrogens with zero attached hydrogens (tertiary/aromatic N) is 2. The number of amides is 2. The number of aromatic hydroxyl groups is 1. The number of unbranched alkanes of at least 4 members (excludes halogenated alkanes) is 1. The van der Waals surface area contributed by atoms with Gasteiger partial charge in [-0.05, 0) is 91.3 Å². The standard InChI is InChI=1S/C49H58N4O7/c1-34(18-21-44(55)41-19-22-45(56)48-42(41)20-23-46(57)51-48)31-35-11-10-12-36(32-35)33-38(54)15-8-9-27-52(2)47(58)26-30-53-28-24-39(25-29-53)60-49(59)50-43-17-7-6-16-40(43)37-13-4-3-5-14-37/h3-7,10-14,16-17,19-20,22-23,32,34,39,44,55-56H,8-9,15,18,21,24-31,33H2,1-2H3,(H,50,59)(H,51,57)/t34-,44-/m0/s1. The minimum atomic E-state index is -0.739. The number of carbonyl (C=O) groups excluding carboxylic acids is 3. The molecule has 11 heteroatoms. The molecule has 4 aromatic carbocycles. The highest BCUT2D eigenvalue weighted by Crippen LogP contribution is 2.32. The van der Waals surface area contributed by atoms with Crippen LogP contribution in [0, 0.1) is 5.92 Å². The van der Waals surface area contributed by atoms with Gasteiger partial charge in [-0.2, -0.15) is 0 Å². The number of H-pyrrole nitrogens is 1. The van der Waals surface area contributed by atoms with Gasteiger partial charge in [-0.1, -0.05) is 85.8 Å². The lowest BCUT2D eigenvalue weighted by Crippen LogP contribution is -2.40. The van der Waals surface area contributed by atoms with E-state index in [4.69, 9.17) is 4.74 Å². The lowest BCUT2D eigenvalue weighted by molar-refractivity contribution is -0.130. The number of ketones is 1. The summed E-state index contributed by atoms with van der Waals surface area (Å²) in [4.78, 5) is 57.0. The van der Waals surface area contributed by atoms with E-state index in [9.17, 15) is 29.4 Å². The van der Waals surface area contributed by atoms with Crippen LogP contribution < -0.4 is 10.9 Å². The number of anilines is 1. The Balaban J connectivity index is 0.832. The van der Waals surface area contributed by atoms with Gasteiger partial charge >= 0.3 is 6.09 Å². The molecule has 2 heterocycles. The van der Waals surface area contributed by atoms with Gasteiger partial charge in [0.1, 0.15) is 17.6 Å². The molecular weight excluding hydrogens is 757 g/mol. The third kappa shape index (κ3) is 12.6. The van der Waals surface area contributed by atoms with Crippen LogP contribution in [0.25, 0.3) is 22.0 Å². The number of aliphatic hydroxyl groups excluding tert-OH is 1. The van der Waals surface area contributed by atoms with Gasteiger partial charge in [-0.15, -0.1) is 0 Å². The molecule has 60 heavy (non-hydrogen) atoms. The molecular formula is C49H58N4O7. The topological polar surface area (TPSA) is 152 Å². The zero-order chi connectivity index (χ0) is 42.4. The van der Waals surface area contributed by atoms with Crippen LogP contribution in [-0.4, -0.2) is 82.1 Å². The van der Waals surface area contributed by atoms with Crippen molar-refractivity contribution in [3.8, 4) is 16.9 Å². The van der Waals surface area contributed by atoms with Gasteiger partial charge in [0.25, 0.3) is 0 Å². The minimum absolute atomic E-state index is 0.0278. The molecule has 0 radical (unpaired) electrons. The van der Waals surface area contributed by atoms with Crippen molar-refractivity contribution in [2.24, 2.45) is 5.92 Å². The molecule has 0 bridgehead atoms. The second-order valence-electron chi connectivity index (χ2n) is 16.2. The molecule has 316 valence electrons. The summed E-state index contributed by atoms with van der Waals surface area (Å²) in [5.74, 6) is 0.528. The zero-order valence-corrected chi connectivity index (χ0v) is 34.8. The van der Waals surface area contributed by atoms with Crippen molar-refractivity contribution in [1.82, 2.24) is 14.8 Å². The Bertz CT molecular complexity index is 2270. The summed E-state index contributed by atoms with van der Waals surface area (Å²) < 4.78 is 5.77. The number of aromatic nitrogens is 1. The molecule has 2 amide bonds. The number of para-hydroxylation sites is 1. The molecule has 0 spiro atoms. The first kappa shape index (κ1) is 43.8. The molecule has 2 atom stereocenters. The molecule has 5 aromatic rings. The number of phenolic OH excluding ortho intramolecular Hbond substituents is 1. The fourth-order valence-corrected chi connectivity index (χ4v) is 8.08. The maximum atomic E-state index is 12.9. The van der Waals surface area contributed by atoms with Gasteiger partial charge < -0.3 is 29.7 Å². The van der Waals surface area contributed by atoms with E-state index < -0.39 is 12.2 Å². The number of phenols is 1. The summed E-state index contributed by atoms with van der Waals surface area (Å²) in [6, 6.07) is 32.0. The smallest absolute Gasteiger partial charge is 0.411 e. The first-order chi connectivity index (χ1) is 29.0. The first-order valence-corrected chi connectivity index (χ1v) is 21.2. The van der Waals surface area contributed by atoms with E-state index in [2.05, 4.69) is 34.3 Å². The zero-order valence-electron chi connectivity index (χ0n) is 34.8. The number of hydrogen-bond donors (Lipinski definition) is 4. The lowest BCUT2D eigenvalue weighted by Gasteiger charge is -2.31. The maximum Gasteiger partial charge on any atom is 0.411 e. The van der Waals surface area contributed by atoms with Crippen molar-refractivity contribution in [3.63, 3.8) is 0 Å². The Morgan fingerprint density at radius 2 is 1.63 bits per heavy atom. The third-order valence-electron chi connectivity index (χ3n) is 11.5. The van der Waals surface area contributed by atoms with Crippen LogP contribution in [0.3, 0.4) is 0 Å². The first-order valence-electron chi connectivity index (χ1n) is 21.2. The molecule has 0 aliphatic carbocycles. The van der Waals surface area contributed by atoms with Crippen LogP contribution in [0.2, 0.25) is 0 Å². The van der Waals surface area contributed by atoms with E-state index in [1.165, 1.54) is 12.1 Å². The Labute approximate surface area is 352 Å². The molecule has 4 N–H and O–H groups in total. The Hall–Kier alpha value is -5.78. The number of nitrogens with one attached hydrogen (secondary N) is 2.